The highest BCUT2D eigenvalue weighted by atomic mass is 127. The minimum Gasteiger partial charge on any atom is -0.493 e. The van der Waals surface area contributed by atoms with Gasteiger partial charge in [0.25, 0.3) is 0 Å². The average molecular weight is 509 g/mol. The fourth-order valence-electron chi connectivity index (χ4n) is 2.26. The van der Waals surface area contributed by atoms with Crippen LogP contribution in [0, 0.1) is 12.8 Å². The van der Waals surface area contributed by atoms with Crippen LogP contribution in [0.2, 0.25) is 0 Å². The number of aliphatic imine (C=N–C) groups is 1. The molecule has 27 heavy (non-hydrogen) atoms. The lowest BCUT2D eigenvalue weighted by Crippen LogP contribution is -2.47. The Bertz CT molecular complexity index is 759. The van der Waals surface area contributed by atoms with E-state index in [9.17, 15) is 8.42 Å². The molecule has 6 nitrogen and oxygen atoms in total. The molecule has 0 saturated heterocycles. The Kier molecular flexibility index (Phi) is 8.85. The first-order valence-corrected chi connectivity index (χ1v) is 10.9. The topological polar surface area (TPSA) is 79.8 Å². The van der Waals surface area contributed by atoms with Gasteiger partial charge in [-0.25, -0.2) is 8.42 Å². The van der Waals surface area contributed by atoms with E-state index in [1.165, 1.54) is 19.1 Å². The second kappa shape index (κ2) is 9.95. The number of hydrogen-bond donors (Lipinski definition) is 2. The molecule has 8 heteroatoms. The lowest BCUT2D eigenvalue weighted by atomic mass is 10.1. The molecule has 1 aromatic rings. The molecule has 0 aliphatic heterocycles. The Morgan fingerprint density at radius 1 is 1.30 bits per heavy atom. The first-order valence-electron chi connectivity index (χ1n) is 8.99. The molecule has 1 saturated carbocycles. The van der Waals surface area contributed by atoms with Crippen molar-refractivity contribution in [2.24, 2.45) is 10.9 Å². The minimum absolute atomic E-state index is 0. The Hall–Kier alpha value is -1.03. The van der Waals surface area contributed by atoms with Crippen LogP contribution in [0.3, 0.4) is 0 Å². The summed E-state index contributed by atoms with van der Waals surface area (Å²) in [7, 11) is -1.49. The fourth-order valence-corrected chi connectivity index (χ4v) is 2.60. The highest BCUT2D eigenvalue weighted by Gasteiger charge is 2.30. The number of hydrogen-bond acceptors (Lipinski definition) is 4. The number of nitrogens with one attached hydrogen (secondary N) is 2. The van der Waals surface area contributed by atoms with Gasteiger partial charge in [-0.3, -0.25) is 4.99 Å². The quantitative estimate of drug-likeness (QED) is 0.320. The summed E-state index contributed by atoms with van der Waals surface area (Å²) in [6.07, 6.45) is 3.76. The fraction of sp³-hybridized carbons (Fsp3) is 0.632. The van der Waals surface area contributed by atoms with Gasteiger partial charge >= 0.3 is 0 Å². The Labute approximate surface area is 180 Å². The number of aryl methyl sites for hydroxylation is 1. The molecule has 0 bridgehead atoms. The Balaban J connectivity index is 0.00000364. The molecule has 1 fully saturated rings. The molecule has 0 aromatic heterocycles. The lowest BCUT2D eigenvalue weighted by molar-refractivity contribution is 0.296. The maximum atomic E-state index is 11.8. The van der Waals surface area contributed by atoms with Crippen molar-refractivity contribution < 1.29 is 13.2 Å². The van der Waals surface area contributed by atoms with E-state index in [0.717, 1.165) is 23.5 Å². The van der Waals surface area contributed by atoms with Crippen LogP contribution in [0.15, 0.2) is 23.2 Å². The molecule has 1 aliphatic carbocycles. The highest BCUT2D eigenvalue weighted by Crippen LogP contribution is 2.30. The van der Waals surface area contributed by atoms with E-state index in [0.29, 0.717) is 18.4 Å². The van der Waals surface area contributed by atoms with Crippen molar-refractivity contribution in [1.82, 2.24) is 10.6 Å². The molecule has 154 valence electrons. The molecule has 0 unspecified atom stereocenters. The van der Waals surface area contributed by atoms with Crippen LogP contribution in [-0.2, 0) is 16.4 Å². The monoisotopic (exact) mass is 509 g/mol. The van der Waals surface area contributed by atoms with Crippen LogP contribution in [0.5, 0.6) is 5.75 Å². The van der Waals surface area contributed by atoms with Gasteiger partial charge in [-0.1, -0.05) is 12.1 Å². The number of guanidine groups is 1. The van der Waals surface area contributed by atoms with Gasteiger partial charge in [0.2, 0.25) is 0 Å². The summed E-state index contributed by atoms with van der Waals surface area (Å²) in [5.74, 6) is 2.16. The van der Waals surface area contributed by atoms with Crippen LogP contribution >= 0.6 is 24.0 Å². The summed E-state index contributed by atoms with van der Waals surface area (Å²) in [5, 5.41) is 6.33. The zero-order chi connectivity index (χ0) is 19.4. The number of benzene rings is 1. The van der Waals surface area contributed by atoms with E-state index in [4.69, 9.17) is 4.74 Å². The van der Waals surface area contributed by atoms with E-state index < -0.39 is 14.6 Å². The van der Waals surface area contributed by atoms with Gasteiger partial charge in [0.1, 0.15) is 5.75 Å². The number of rotatable bonds is 8. The second-order valence-corrected chi connectivity index (χ2v) is 10.3. The summed E-state index contributed by atoms with van der Waals surface area (Å²) in [5.41, 5.74) is 2.22. The van der Waals surface area contributed by atoms with E-state index in [1.807, 2.05) is 0 Å². The first kappa shape index (κ1) is 24.0. The second-order valence-electron chi connectivity index (χ2n) is 7.68. The van der Waals surface area contributed by atoms with Crippen molar-refractivity contribution in [2.75, 3.05) is 26.5 Å². The molecule has 2 N–H and O–H groups in total. The van der Waals surface area contributed by atoms with Crippen molar-refractivity contribution in [3.8, 4) is 5.75 Å². The molecule has 0 amide bonds. The molecule has 2 rings (SSSR count). The van der Waals surface area contributed by atoms with Crippen LogP contribution in [0.25, 0.3) is 0 Å². The molecule has 0 radical (unpaired) electrons. The first-order chi connectivity index (χ1) is 12.1. The summed E-state index contributed by atoms with van der Waals surface area (Å²) < 4.78 is 28.8. The van der Waals surface area contributed by atoms with Crippen molar-refractivity contribution in [2.45, 2.75) is 44.9 Å². The Morgan fingerprint density at radius 3 is 2.52 bits per heavy atom. The SMILES string of the molecule is CN=C(NCc1ccc(C)cc1OCC1CC1)NCC(C)(C)S(C)(=O)=O.I. The molecule has 1 aliphatic rings. The predicted octanol–water partition coefficient (Wildman–Crippen LogP) is 2.89. The Morgan fingerprint density at radius 2 is 1.96 bits per heavy atom. The van der Waals surface area contributed by atoms with Gasteiger partial charge in [0, 0.05) is 32.0 Å². The standard InChI is InChI=1S/C19H31N3O3S.HI/c1-14-6-9-16(17(10-14)25-12-15-7-8-15)11-21-18(20-4)22-13-19(2,3)26(5,23)24;/h6,9-10,15H,7-8,11-13H2,1-5H3,(H2,20,21,22);1H. The zero-order valence-electron chi connectivity index (χ0n) is 16.8. The third-order valence-corrected chi connectivity index (χ3v) is 6.90. The minimum atomic E-state index is -3.16. The van der Waals surface area contributed by atoms with Crippen molar-refractivity contribution >= 4 is 39.8 Å². The summed E-state index contributed by atoms with van der Waals surface area (Å²) in [4.78, 5) is 4.18. The van der Waals surface area contributed by atoms with Gasteiger partial charge in [0.15, 0.2) is 15.8 Å². The van der Waals surface area contributed by atoms with E-state index >= 15 is 0 Å². The molecular formula is C19H32IN3O3S. The smallest absolute Gasteiger partial charge is 0.191 e. The van der Waals surface area contributed by atoms with Gasteiger partial charge in [0.05, 0.1) is 11.4 Å². The largest absolute Gasteiger partial charge is 0.493 e. The van der Waals surface area contributed by atoms with Crippen LogP contribution in [0.1, 0.15) is 37.8 Å². The van der Waals surface area contributed by atoms with E-state index in [2.05, 4.69) is 40.7 Å². The maximum absolute atomic E-state index is 11.8. The molecule has 0 heterocycles. The van der Waals surface area contributed by atoms with Crippen LogP contribution < -0.4 is 15.4 Å². The van der Waals surface area contributed by atoms with Gasteiger partial charge in [-0.05, 0) is 51.2 Å². The molecule has 1 aromatic carbocycles. The van der Waals surface area contributed by atoms with Crippen molar-refractivity contribution in [1.29, 1.82) is 0 Å². The van der Waals surface area contributed by atoms with E-state index in [-0.39, 0.29) is 30.5 Å². The average Bonchev–Trinajstić information content (AvgIpc) is 3.37. The molecule has 0 spiro atoms. The van der Waals surface area contributed by atoms with Crippen LogP contribution in [0.4, 0.5) is 0 Å². The normalized spacial score (nSPS) is 15.1. The predicted molar refractivity (Wildman–Crippen MR) is 122 cm³/mol. The molecular weight excluding hydrogens is 477 g/mol. The summed E-state index contributed by atoms with van der Waals surface area (Å²) in [6.45, 7) is 7.06. The van der Waals surface area contributed by atoms with Gasteiger partial charge in [-0.2, -0.15) is 0 Å². The molecule has 0 atom stereocenters. The summed E-state index contributed by atoms with van der Waals surface area (Å²) in [6, 6.07) is 6.17. The van der Waals surface area contributed by atoms with Crippen molar-refractivity contribution in [3.63, 3.8) is 0 Å². The van der Waals surface area contributed by atoms with Gasteiger partial charge < -0.3 is 15.4 Å². The van der Waals surface area contributed by atoms with Crippen molar-refractivity contribution in [3.05, 3.63) is 29.3 Å². The number of nitrogens with zero attached hydrogens (tertiary/aromatic N) is 1. The third kappa shape index (κ3) is 7.48. The van der Waals surface area contributed by atoms with Crippen LogP contribution in [-0.4, -0.2) is 45.6 Å². The number of sulfone groups is 1. The summed E-state index contributed by atoms with van der Waals surface area (Å²) >= 11 is 0. The zero-order valence-corrected chi connectivity index (χ0v) is 20.0. The maximum Gasteiger partial charge on any atom is 0.191 e. The number of halogens is 1. The van der Waals surface area contributed by atoms with E-state index in [1.54, 1.807) is 20.9 Å². The number of ether oxygens (including phenoxy) is 1. The highest BCUT2D eigenvalue weighted by molar-refractivity contribution is 14.0. The third-order valence-electron chi connectivity index (χ3n) is 4.75. The lowest BCUT2D eigenvalue weighted by Gasteiger charge is -2.24. The van der Waals surface area contributed by atoms with Gasteiger partial charge in [-0.15, -0.1) is 24.0 Å².